The van der Waals surface area contributed by atoms with Crippen molar-refractivity contribution in [3.8, 4) is 0 Å². The van der Waals surface area contributed by atoms with Crippen LogP contribution in [-0.2, 0) is 6.54 Å². The summed E-state index contributed by atoms with van der Waals surface area (Å²) >= 11 is 6.28. The molecule has 0 saturated heterocycles. The topological polar surface area (TPSA) is 24.1 Å². The number of hydrogen-bond donors (Lipinski definition) is 2. The Kier molecular flexibility index (Phi) is 4.88. The molecule has 0 aliphatic heterocycles. The Morgan fingerprint density at radius 1 is 1.19 bits per heavy atom. The molecule has 116 valence electrons. The van der Waals surface area contributed by atoms with E-state index in [0.717, 1.165) is 24.4 Å². The molecule has 0 radical (unpaired) electrons. The Labute approximate surface area is 134 Å². The average Bonchev–Trinajstić information content (AvgIpc) is 2.36. The van der Waals surface area contributed by atoms with E-state index in [9.17, 15) is 0 Å². The van der Waals surface area contributed by atoms with Crippen molar-refractivity contribution in [1.29, 1.82) is 0 Å². The summed E-state index contributed by atoms with van der Waals surface area (Å²) in [6, 6.07) is 6.54. The van der Waals surface area contributed by atoms with Crippen molar-refractivity contribution in [2.45, 2.75) is 60.0 Å². The second kappa shape index (κ2) is 6.31. The summed E-state index contributed by atoms with van der Waals surface area (Å²) in [5, 5.41) is 8.06. The molecule has 0 amide bonds. The van der Waals surface area contributed by atoms with Gasteiger partial charge in [0.25, 0.3) is 0 Å². The lowest BCUT2D eigenvalue weighted by molar-refractivity contribution is 0.295. The Morgan fingerprint density at radius 2 is 1.86 bits per heavy atom. The summed E-state index contributed by atoms with van der Waals surface area (Å²) in [5.41, 5.74) is 5.41. The van der Waals surface area contributed by atoms with Crippen LogP contribution in [0, 0.1) is 12.3 Å². The lowest BCUT2D eigenvalue weighted by atomic mass is 9.86. The molecule has 1 atom stereocenters. The molecule has 21 heavy (non-hydrogen) atoms. The highest BCUT2D eigenvalue weighted by atomic mass is 35.5. The highest BCUT2D eigenvalue weighted by Crippen LogP contribution is 2.28. The van der Waals surface area contributed by atoms with Crippen LogP contribution < -0.4 is 10.6 Å². The van der Waals surface area contributed by atoms with E-state index in [1.165, 1.54) is 22.5 Å². The van der Waals surface area contributed by atoms with Crippen LogP contribution in [0.1, 0.15) is 51.7 Å². The number of hydrogen-bond acceptors (Lipinski definition) is 2. The fourth-order valence-electron chi connectivity index (χ4n) is 2.29. The maximum atomic E-state index is 6.28. The third-order valence-electron chi connectivity index (χ3n) is 4.51. The van der Waals surface area contributed by atoms with Crippen molar-refractivity contribution in [2.75, 3.05) is 0 Å². The summed E-state index contributed by atoms with van der Waals surface area (Å²) < 4.78 is 0. The fourth-order valence-corrected chi connectivity index (χ4v) is 2.58. The van der Waals surface area contributed by atoms with Gasteiger partial charge in [-0.2, -0.15) is 0 Å². The van der Waals surface area contributed by atoms with E-state index >= 15 is 0 Å². The van der Waals surface area contributed by atoms with Crippen LogP contribution >= 0.6 is 11.6 Å². The minimum Gasteiger partial charge on any atom is -0.384 e. The highest BCUT2D eigenvalue weighted by Gasteiger charge is 2.24. The largest absolute Gasteiger partial charge is 0.384 e. The Balaban J connectivity index is 1.99. The normalized spacial score (nSPS) is 16.5. The minimum absolute atomic E-state index is 0.271. The third kappa shape index (κ3) is 3.94. The molecule has 1 aromatic rings. The number of benzene rings is 1. The van der Waals surface area contributed by atoms with E-state index in [0.29, 0.717) is 6.04 Å². The smallest absolute Gasteiger partial charge is 0.0458 e. The lowest BCUT2D eigenvalue weighted by Gasteiger charge is -2.35. The van der Waals surface area contributed by atoms with Crippen molar-refractivity contribution in [3.05, 3.63) is 45.7 Å². The van der Waals surface area contributed by atoms with Crippen LogP contribution in [0.3, 0.4) is 0 Å². The molecule has 0 spiro atoms. The van der Waals surface area contributed by atoms with E-state index in [4.69, 9.17) is 11.6 Å². The van der Waals surface area contributed by atoms with Gasteiger partial charge in [0.05, 0.1) is 0 Å². The number of rotatable bonds is 5. The van der Waals surface area contributed by atoms with Crippen molar-refractivity contribution >= 4 is 11.6 Å². The summed E-state index contributed by atoms with van der Waals surface area (Å²) in [4.78, 5) is 0. The van der Waals surface area contributed by atoms with Crippen molar-refractivity contribution in [1.82, 2.24) is 10.6 Å². The summed E-state index contributed by atoms with van der Waals surface area (Å²) in [6.45, 7) is 12.0. The molecule has 1 aromatic carbocycles. The number of halogens is 1. The predicted octanol–water partition coefficient (Wildman–Crippen LogP) is 4.77. The van der Waals surface area contributed by atoms with E-state index in [1.54, 1.807) is 0 Å². The number of nitrogens with one attached hydrogen (secondary N) is 2. The first-order valence-electron chi connectivity index (χ1n) is 7.75. The van der Waals surface area contributed by atoms with Gasteiger partial charge in [-0.05, 0) is 49.3 Å². The zero-order valence-corrected chi connectivity index (χ0v) is 14.6. The Hall–Kier alpha value is -1.15. The molecule has 2 N–H and O–H groups in total. The molecule has 1 aliphatic carbocycles. The zero-order valence-electron chi connectivity index (χ0n) is 13.8. The summed E-state index contributed by atoms with van der Waals surface area (Å²) in [7, 11) is 0. The fraction of sp³-hybridized carbons (Fsp3) is 0.556. The van der Waals surface area contributed by atoms with Crippen LogP contribution in [0.4, 0.5) is 0 Å². The monoisotopic (exact) mass is 306 g/mol. The minimum atomic E-state index is 0.271. The van der Waals surface area contributed by atoms with E-state index in [2.05, 4.69) is 51.3 Å². The molecule has 3 heteroatoms. The van der Waals surface area contributed by atoms with Crippen LogP contribution in [0.25, 0.3) is 0 Å². The van der Waals surface area contributed by atoms with Crippen LogP contribution in [-0.4, -0.2) is 6.04 Å². The molecule has 0 bridgehead atoms. The molecule has 0 aromatic heterocycles. The van der Waals surface area contributed by atoms with E-state index in [-0.39, 0.29) is 5.41 Å². The molecule has 1 unspecified atom stereocenters. The Bertz CT molecular complexity index is 520. The quantitative estimate of drug-likeness (QED) is 0.819. The molecule has 0 heterocycles. The van der Waals surface area contributed by atoms with Crippen molar-refractivity contribution < 1.29 is 0 Å². The molecular formula is C18H27ClN2. The summed E-state index contributed by atoms with van der Waals surface area (Å²) in [6.07, 6.45) is 2.27. The predicted molar refractivity (Wildman–Crippen MR) is 91.3 cm³/mol. The molecule has 0 fully saturated rings. The first-order valence-corrected chi connectivity index (χ1v) is 8.13. The van der Waals surface area contributed by atoms with Gasteiger partial charge in [0, 0.05) is 29.0 Å². The van der Waals surface area contributed by atoms with Crippen LogP contribution in [0.5, 0.6) is 0 Å². The second-order valence-electron chi connectivity index (χ2n) is 7.08. The van der Waals surface area contributed by atoms with Crippen molar-refractivity contribution in [2.24, 2.45) is 5.41 Å². The molecule has 2 nitrogen and oxygen atoms in total. The first kappa shape index (κ1) is 16.2. The highest BCUT2D eigenvalue weighted by molar-refractivity contribution is 6.31. The van der Waals surface area contributed by atoms with E-state index < -0.39 is 0 Å². The molecule has 2 rings (SSSR count). The maximum Gasteiger partial charge on any atom is 0.0458 e. The standard InChI is InChI=1S/C18H27ClN2/c1-12-7-6-8-15(19)14(12)11-20-16-9-10-17(16)21-13(2)18(3,4)5/h6-8,13,20-21H,9-11H2,1-5H3. The van der Waals surface area contributed by atoms with Gasteiger partial charge in [0.15, 0.2) is 0 Å². The van der Waals surface area contributed by atoms with Gasteiger partial charge in [-0.1, -0.05) is 44.5 Å². The number of aryl methyl sites for hydroxylation is 1. The van der Waals surface area contributed by atoms with Crippen LogP contribution in [0.2, 0.25) is 5.02 Å². The van der Waals surface area contributed by atoms with Gasteiger partial charge in [0.2, 0.25) is 0 Å². The maximum absolute atomic E-state index is 6.28. The van der Waals surface area contributed by atoms with Gasteiger partial charge in [0.1, 0.15) is 0 Å². The van der Waals surface area contributed by atoms with Gasteiger partial charge in [-0.25, -0.2) is 0 Å². The molecule has 1 aliphatic rings. The summed E-state index contributed by atoms with van der Waals surface area (Å²) in [5.74, 6) is 0. The van der Waals surface area contributed by atoms with Crippen LogP contribution in [0.15, 0.2) is 29.6 Å². The van der Waals surface area contributed by atoms with E-state index in [1.807, 2.05) is 12.1 Å². The second-order valence-corrected chi connectivity index (χ2v) is 7.49. The number of allylic oxidation sites excluding steroid dienone is 2. The Morgan fingerprint density at radius 3 is 2.38 bits per heavy atom. The first-order chi connectivity index (χ1) is 9.79. The lowest BCUT2D eigenvalue weighted by Crippen LogP contribution is -2.40. The van der Waals surface area contributed by atoms with Gasteiger partial charge in [-0.3, -0.25) is 0 Å². The zero-order chi connectivity index (χ0) is 15.6. The third-order valence-corrected chi connectivity index (χ3v) is 4.86. The SMILES string of the molecule is Cc1cccc(Cl)c1CNC1=C(NC(C)C(C)(C)C)CC1. The molecular weight excluding hydrogens is 280 g/mol. The van der Waals surface area contributed by atoms with Gasteiger partial charge < -0.3 is 10.6 Å². The van der Waals surface area contributed by atoms with Gasteiger partial charge >= 0.3 is 0 Å². The average molecular weight is 307 g/mol. The van der Waals surface area contributed by atoms with Gasteiger partial charge in [-0.15, -0.1) is 0 Å². The molecule has 0 saturated carbocycles. The van der Waals surface area contributed by atoms with Crippen molar-refractivity contribution in [3.63, 3.8) is 0 Å².